The standard InChI is InChI=1S/C24H44FN7O2/c1-24-7-5-15(25)13-32(24)19(11-24)21(22(26)27)23(34)29-17-12-28-8-6-18(17)30-9-10-31-16(14-30)3-2-4-20(31)33/h15-22,28,33H,2-14,26-27H2,1H3,(H,29,34). The summed E-state index contributed by atoms with van der Waals surface area (Å²) in [6.07, 6.45) is 4.31. The van der Waals surface area contributed by atoms with E-state index < -0.39 is 18.3 Å². The maximum absolute atomic E-state index is 14.2. The monoisotopic (exact) mass is 481 g/mol. The molecule has 8 unspecified atom stereocenters. The summed E-state index contributed by atoms with van der Waals surface area (Å²) in [6, 6.07) is 0.502. The number of fused-ring (bicyclic) bond motifs is 2. The summed E-state index contributed by atoms with van der Waals surface area (Å²) >= 11 is 0. The van der Waals surface area contributed by atoms with Gasteiger partial charge in [0.05, 0.1) is 18.1 Å². The number of halogens is 1. The molecule has 5 aliphatic rings. The highest BCUT2D eigenvalue weighted by atomic mass is 19.1. The molecule has 5 aliphatic heterocycles. The lowest BCUT2D eigenvalue weighted by molar-refractivity contribution is -0.152. The number of aliphatic hydroxyl groups is 1. The first-order valence-corrected chi connectivity index (χ1v) is 13.4. The number of carbonyl (C=O) groups is 1. The number of piperazine rings is 1. The predicted molar refractivity (Wildman–Crippen MR) is 128 cm³/mol. The van der Waals surface area contributed by atoms with Gasteiger partial charge in [0.2, 0.25) is 5.91 Å². The van der Waals surface area contributed by atoms with Gasteiger partial charge in [0, 0.05) is 56.4 Å². The molecule has 0 aromatic heterocycles. The SMILES string of the molecule is CC12CCC(F)CN1C(C(C(=O)NC1CNCCC1N1CCN3C(O)CCCC3C1)C(N)N)C2. The second-order valence-electron chi connectivity index (χ2n) is 11.6. The fourth-order valence-electron chi connectivity index (χ4n) is 7.52. The highest BCUT2D eigenvalue weighted by Gasteiger charge is 2.56. The van der Waals surface area contributed by atoms with Crippen LogP contribution in [-0.4, -0.2) is 113 Å². The molecule has 5 fully saturated rings. The smallest absolute Gasteiger partial charge is 0.227 e. The van der Waals surface area contributed by atoms with Crippen LogP contribution in [-0.2, 0) is 4.79 Å². The van der Waals surface area contributed by atoms with Crippen LogP contribution in [0.4, 0.5) is 4.39 Å². The van der Waals surface area contributed by atoms with Gasteiger partial charge in [-0.2, -0.15) is 0 Å². The molecule has 1 amide bonds. The molecule has 0 aromatic carbocycles. The van der Waals surface area contributed by atoms with Crippen LogP contribution in [0, 0.1) is 5.92 Å². The molecule has 0 aliphatic carbocycles. The predicted octanol–water partition coefficient (Wildman–Crippen LogP) is -0.854. The summed E-state index contributed by atoms with van der Waals surface area (Å²) in [7, 11) is 0. The lowest BCUT2D eigenvalue weighted by atomic mass is 9.68. The minimum absolute atomic E-state index is 0.0238. The molecule has 5 rings (SSSR count). The third-order valence-electron chi connectivity index (χ3n) is 9.45. The molecule has 10 heteroatoms. The second-order valence-corrected chi connectivity index (χ2v) is 11.6. The highest BCUT2D eigenvalue weighted by molar-refractivity contribution is 5.80. The normalized spacial score (nSPS) is 43.0. The minimum atomic E-state index is -0.850. The van der Waals surface area contributed by atoms with Crippen molar-refractivity contribution in [3.63, 3.8) is 0 Å². The van der Waals surface area contributed by atoms with E-state index >= 15 is 0 Å². The first kappa shape index (κ1) is 24.8. The molecule has 0 saturated carbocycles. The number of alkyl halides is 1. The number of nitrogens with one attached hydrogen (secondary N) is 2. The maximum atomic E-state index is 14.2. The Morgan fingerprint density at radius 2 is 2.03 bits per heavy atom. The second kappa shape index (κ2) is 9.88. The number of aliphatic hydroxyl groups excluding tert-OH is 1. The van der Waals surface area contributed by atoms with Gasteiger partial charge in [-0.1, -0.05) is 0 Å². The zero-order valence-corrected chi connectivity index (χ0v) is 20.5. The number of nitrogens with zero attached hydrogens (tertiary/aromatic N) is 3. The van der Waals surface area contributed by atoms with E-state index in [4.69, 9.17) is 11.5 Å². The molecular formula is C24H44FN7O2. The Morgan fingerprint density at radius 1 is 1.21 bits per heavy atom. The Labute approximate surface area is 202 Å². The van der Waals surface area contributed by atoms with Gasteiger partial charge in [-0.05, 0) is 58.4 Å². The van der Waals surface area contributed by atoms with Crippen molar-refractivity contribution in [2.24, 2.45) is 17.4 Å². The van der Waals surface area contributed by atoms with Gasteiger partial charge in [0.15, 0.2) is 0 Å². The average molecular weight is 482 g/mol. The van der Waals surface area contributed by atoms with E-state index in [-0.39, 0.29) is 35.8 Å². The van der Waals surface area contributed by atoms with E-state index in [1.807, 2.05) is 0 Å². The van der Waals surface area contributed by atoms with Gasteiger partial charge >= 0.3 is 0 Å². The van der Waals surface area contributed by atoms with E-state index in [2.05, 4.69) is 32.3 Å². The zero-order chi connectivity index (χ0) is 24.0. The van der Waals surface area contributed by atoms with Crippen LogP contribution in [0.2, 0.25) is 0 Å². The molecule has 0 radical (unpaired) electrons. The third-order valence-corrected chi connectivity index (χ3v) is 9.45. The summed E-state index contributed by atoms with van der Waals surface area (Å²) in [5, 5.41) is 17.1. The topological polar surface area (TPSA) is 123 Å². The molecule has 0 bridgehead atoms. The summed E-state index contributed by atoms with van der Waals surface area (Å²) in [5.41, 5.74) is 12.3. The van der Waals surface area contributed by atoms with Crippen LogP contribution in [0.15, 0.2) is 0 Å². The molecule has 0 spiro atoms. The number of amides is 1. The third kappa shape index (κ3) is 4.63. The Balaban J connectivity index is 1.25. The first-order chi connectivity index (χ1) is 16.3. The van der Waals surface area contributed by atoms with Gasteiger partial charge in [-0.25, -0.2) is 4.39 Å². The van der Waals surface area contributed by atoms with Crippen molar-refractivity contribution in [3.05, 3.63) is 0 Å². The van der Waals surface area contributed by atoms with Crippen molar-refractivity contribution in [1.82, 2.24) is 25.3 Å². The van der Waals surface area contributed by atoms with Crippen LogP contribution in [0.25, 0.3) is 0 Å². The van der Waals surface area contributed by atoms with E-state index in [0.29, 0.717) is 19.0 Å². The van der Waals surface area contributed by atoms with E-state index in [1.54, 1.807) is 0 Å². The highest BCUT2D eigenvalue weighted by Crippen LogP contribution is 2.47. The summed E-state index contributed by atoms with van der Waals surface area (Å²) in [4.78, 5) is 20.5. The van der Waals surface area contributed by atoms with Crippen molar-refractivity contribution in [2.75, 3.05) is 39.3 Å². The number of hydrogen-bond acceptors (Lipinski definition) is 8. The summed E-state index contributed by atoms with van der Waals surface area (Å²) in [6.45, 7) is 6.87. The van der Waals surface area contributed by atoms with Crippen molar-refractivity contribution in [2.45, 2.75) is 100 Å². The van der Waals surface area contributed by atoms with Crippen molar-refractivity contribution < 1.29 is 14.3 Å². The molecule has 5 saturated heterocycles. The number of piperidine rings is 3. The van der Waals surface area contributed by atoms with Gasteiger partial charge < -0.3 is 27.2 Å². The number of nitrogens with two attached hydrogens (primary N) is 2. The molecule has 9 nitrogen and oxygen atoms in total. The van der Waals surface area contributed by atoms with Gasteiger partial charge in [0.1, 0.15) is 12.4 Å². The first-order valence-electron chi connectivity index (χ1n) is 13.4. The van der Waals surface area contributed by atoms with E-state index in [1.165, 1.54) is 0 Å². The van der Waals surface area contributed by atoms with Crippen molar-refractivity contribution in [3.8, 4) is 0 Å². The molecular weight excluding hydrogens is 437 g/mol. The van der Waals surface area contributed by atoms with E-state index in [9.17, 15) is 14.3 Å². The fraction of sp³-hybridized carbons (Fsp3) is 0.958. The Kier molecular flexibility index (Phi) is 7.20. The fourth-order valence-corrected chi connectivity index (χ4v) is 7.52. The Bertz CT molecular complexity index is 744. The average Bonchev–Trinajstić information content (AvgIpc) is 2.80. The van der Waals surface area contributed by atoms with Crippen molar-refractivity contribution >= 4 is 5.91 Å². The largest absolute Gasteiger partial charge is 0.378 e. The van der Waals surface area contributed by atoms with E-state index in [0.717, 1.165) is 71.2 Å². The number of carbonyl (C=O) groups excluding carboxylic acids is 1. The number of hydrogen-bond donors (Lipinski definition) is 5. The number of rotatable bonds is 5. The van der Waals surface area contributed by atoms with Gasteiger partial charge in [0.25, 0.3) is 0 Å². The van der Waals surface area contributed by atoms with Gasteiger partial charge in [-0.3, -0.25) is 19.5 Å². The minimum Gasteiger partial charge on any atom is -0.378 e. The zero-order valence-electron chi connectivity index (χ0n) is 20.5. The molecule has 7 N–H and O–H groups in total. The van der Waals surface area contributed by atoms with Crippen LogP contribution >= 0.6 is 0 Å². The summed E-state index contributed by atoms with van der Waals surface area (Å²) < 4.78 is 14.2. The molecule has 5 heterocycles. The lowest BCUT2D eigenvalue weighted by Gasteiger charge is -2.62. The Morgan fingerprint density at radius 3 is 2.82 bits per heavy atom. The van der Waals surface area contributed by atoms with Crippen molar-refractivity contribution in [1.29, 1.82) is 0 Å². The van der Waals surface area contributed by atoms with Gasteiger partial charge in [-0.15, -0.1) is 0 Å². The maximum Gasteiger partial charge on any atom is 0.227 e. The quantitative estimate of drug-likeness (QED) is 0.322. The molecule has 0 aromatic rings. The molecule has 194 valence electrons. The summed E-state index contributed by atoms with van der Waals surface area (Å²) in [5.74, 6) is -0.653. The lowest BCUT2D eigenvalue weighted by Crippen LogP contribution is -2.74. The van der Waals surface area contributed by atoms with Crippen LogP contribution in [0.5, 0.6) is 0 Å². The van der Waals surface area contributed by atoms with Crippen LogP contribution in [0.3, 0.4) is 0 Å². The molecule has 8 atom stereocenters. The molecule has 34 heavy (non-hydrogen) atoms. The van der Waals surface area contributed by atoms with Crippen LogP contribution < -0.4 is 22.1 Å². The Hall–Kier alpha value is -0.880. The van der Waals surface area contributed by atoms with Crippen LogP contribution in [0.1, 0.15) is 51.9 Å².